The summed E-state index contributed by atoms with van der Waals surface area (Å²) in [5.41, 5.74) is 15.3. The standard InChI is InChI=1S/CAsF3N6/c3-1(4,5)2(8-10-6)9-11-7. The Bertz CT molecular complexity index is 202. The van der Waals surface area contributed by atoms with Gasteiger partial charge < -0.3 is 0 Å². The summed E-state index contributed by atoms with van der Waals surface area (Å²) in [6.45, 7) is 0. The van der Waals surface area contributed by atoms with E-state index >= 15 is 0 Å². The zero-order chi connectivity index (χ0) is 8.91. The number of alkyl halides is 3. The van der Waals surface area contributed by atoms with Crippen molar-refractivity contribution in [1.82, 2.24) is 0 Å². The number of rotatable bonds is 2. The molecule has 0 aromatic rings. The molecule has 60 valence electrons. The Balaban J connectivity index is 4.60. The van der Waals surface area contributed by atoms with E-state index < -0.39 is 20.1 Å². The fourth-order valence-electron chi connectivity index (χ4n) is 0.195. The number of halogens is 3. The van der Waals surface area contributed by atoms with Crippen molar-refractivity contribution >= 4 is 15.1 Å². The molecule has 0 aromatic carbocycles. The average molecular weight is 228 g/mol. The Labute approximate surface area is 63.0 Å². The summed E-state index contributed by atoms with van der Waals surface area (Å²) in [5.74, 6) is 0. The van der Waals surface area contributed by atoms with E-state index in [1.54, 1.807) is 0 Å². The molecule has 11 heavy (non-hydrogen) atoms. The van der Waals surface area contributed by atoms with E-state index in [-0.39, 0.29) is 0 Å². The molecule has 0 spiro atoms. The molecule has 0 saturated carbocycles. The van der Waals surface area contributed by atoms with Crippen LogP contribution in [0.4, 0.5) is 13.2 Å². The molecule has 0 aliphatic rings. The van der Waals surface area contributed by atoms with Crippen molar-refractivity contribution in [2.75, 3.05) is 0 Å². The molecule has 6 nitrogen and oxygen atoms in total. The number of nitrogens with zero attached hydrogens (tertiary/aromatic N) is 6. The Kier molecular flexibility index (Phi) is 3.60. The van der Waals surface area contributed by atoms with Gasteiger partial charge in [0.2, 0.25) is 0 Å². The Morgan fingerprint density at radius 3 is 1.64 bits per heavy atom. The number of azide groups is 1. The van der Waals surface area contributed by atoms with Crippen molar-refractivity contribution in [1.29, 1.82) is 0 Å². The summed E-state index contributed by atoms with van der Waals surface area (Å²) in [7, 11) is 0. The van der Waals surface area contributed by atoms with Crippen LogP contribution in [-0.4, -0.2) is 20.1 Å². The van der Waals surface area contributed by atoms with Crippen LogP contribution in [0.15, 0.2) is 8.06 Å². The minimum atomic E-state index is -4.68. The second-order valence-electron chi connectivity index (χ2n) is 1.12. The van der Waals surface area contributed by atoms with E-state index in [0.717, 1.165) is 0 Å². The van der Waals surface area contributed by atoms with E-state index in [1.165, 1.54) is 0 Å². The van der Waals surface area contributed by atoms with Crippen LogP contribution < -0.4 is 0 Å². The van der Waals surface area contributed by atoms with Gasteiger partial charge in [-0.05, 0) is 0 Å². The maximum absolute atomic E-state index is 11.6. The second kappa shape index (κ2) is 3.98. The third-order valence-electron chi connectivity index (χ3n) is 0.476. The first kappa shape index (κ1) is 9.97. The quantitative estimate of drug-likeness (QED) is 0.299. The molecule has 0 atom stereocenters. The van der Waals surface area contributed by atoms with Gasteiger partial charge in [-0.2, -0.15) is 0 Å². The van der Waals surface area contributed by atoms with E-state index in [1.807, 2.05) is 9.82 Å². The Hall–Kier alpha value is -1.03. The van der Waals surface area contributed by atoms with Gasteiger partial charge in [-0.15, -0.1) is 0 Å². The van der Waals surface area contributed by atoms with Crippen LogP contribution in [-0.2, 0) is 0 Å². The summed E-state index contributed by atoms with van der Waals surface area (Å²) in [6.07, 6.45) is 0. The van der Waals surface area contributed by atoms with Crippen LogP contribution >= 0.6 is 0 Å². The first-order chi connectivity index (χ1) is 5.02. The molecule has 10 heteroatoms. The summed E-state index contributed by atoms with van der Waals surface area (Å²) in [6, 6.07) is 0. The number of hydrogen-bond acceptors (Lipinski definition) is 2. The predicted molar refractivity (Wildman–Crippen MR) is 30.1 cm³/mol. The molecule has 0 N–H and O–H groups in total. The van der Waals surface area contributed by atoms with Gasteiger partial charge >= 0.3 is 62.2 Å². The molecule has 0 fully saturated rings. The van der Waals surface area contributed by atoms with Gasteiger partial charge in [0.05, 0.1) is 0 Å². The predicted octanol–water partition coefficient (Wildman–Crippen LogP) is 2.20. The summed E-state index contributed by atoms with van der Waals surface area (Å²) >= 11 is -4.07. The van der Waals surface area contributed by atoms with Gasteiger partial charge in [-0.25, -0.2) is 0 Å². The first-order valence-corrected chi connectivity index (χ1v) is 4.61. The van der Waals surface area contributed by atoms with Crippen LogP contribution in [0.25, 0.3) is 20.9 Å². The maximum atomic E-state index is 11.6. The van der Waals surface area contributed by atoms with Gasteiger partial charge in [0.15, 0.2) is 0 Å². The van der Waals surface area contributed by atoms with Crippen molar-refractivity contribution in [2.45, 2.75) is 4.96 Å². The molecular formula is CAsF3N6. The fraction of sp³-hybridized carbons (Fsp3) is 1.00. The Morgan fingerprint density at radius 1 is 1.09 bits per heavy atom. The van der Waals surface area contributed by atoms with Crippen molar-refractivity contribution in [3.05, 3.63) is 20.9 Å². The molecule has 0 amide bonds. The molecule has 0 aliphatic carbocycles. The third-order valence-corrected chi connectivity index (χ3v) is 2.47. The van der Waals surface area contributed by atoms with Gasteiger partial charge in [0.25, 0.3) is 0 Å². The Morgan fingerprint density at radius 2 is 1.45 bits per heavy atom. The van der Waals surface area contributed by atoms with Crippen molar-refractivity contribution in [2.24, 2.45) is 8.06 Å². The molecular weight excluding hydrogens is 228 g/mol. The molecule has 0 heterocycles. The van der Waals surface area contributed by atoms with E-state index in [4.69, 9.17) is 11.1 Å². The summed E-state index contributed by atoms with van der Waals surface area (Å²) < 4.78 is 39.6. The van der Waals surface area contributed by atoms with Gasteiger partial charge in [0, 0.05) is 0 Å². The van der Waals surface area contributed by atoms with E-state index in [9.17, 15) is 13.2 Å². The van der Waals surface area contributed by atoms with Crippen LogP contribution in [0.1, 0.15) is 0 Å². The van der Waals surface area contributed by atoms with Gasteiger partial charge in [-0.3, -0.25) is 0 Å². The molecule has 0 unspecified atom stereocenters. The monoisotopic (exact) mass is 228 g/mol. The van der Waals surface area contributed by atoms with E-state index in [2.05, 4.69) is 8.06 Å². The molecule has 0 bridgehead atoms. The van der Waals surface area contributed by atoms with Gasteiger partial charge in [-0.1, -0.05) is 0 Å². The van der Waals surface area contributed by atoms with Gasteiger partial charge in [0.1, 0.15) is 0 Å². The van der Waals surface area contributed by atoms with Crippen LogP contribution in [0.5, 0.6) is 0 Å². The second-order valence-corrected chi connectivity index (χ2v) is 4.14. The minimum absolute atomic E-state index is 1.93. The van der Waals surface area contributed by atoms with Crippen LogP contribution in [0, 0.1) is 0 Å². The zero-order valence-electron chi connectivity index (χ0n) is 4.76. The molecule has 0 aliphatic heterocycles. The zero-order valence-corrected chi connectivity index (χ0v) is 6.64. The molecule has 0 saturated heterocycles. The number of hydrogen-bond donors (Lipinski definition) is 0. The molecule has 0 radical (unpaired) electrons. The van der Waals surface area contributed by atoms with Crippen molar-refractivity contribution in [3.8, 4) is 0 Å². The topological polar surface area (TPSA) is 97.5 Å². The fourth-order valence-corrected chi connectivity index (χ4v) is 1.01. The first-order valence-electron chi connectivity index (χ1n) is 1.99. The van der Waals surface area contributed by atoms with Crippen LogP contribution in [0.3, 0.4) is 0 Å². The molecule has 0 rings (SSSR count). The summed E-state index contributed by atoms with van der Waals surface area (Å²) in [5, 5.41) is 0. The normalized spacial score (nSPS) is 12.6. The van der Waals surface area contributed by atoms with Crippen molar-refractivity contribution in [3.63, 3.8) is 0 Å². The van der Waals surface area contributed by atoms with Crippen molar-refractivity contribution < 1.29 is 13.2 Å². The SMILES string of the molecule is [N-]=[N+]=N[As](N=[N+]=[N-])C(F)(F)F. The van der Waals surface area contributed by atoms with E-state index in [0.29, 0.717) is 0 Å². The van der Waals surface area contributed by atoms with Crippen LogP contribution in [0.2, 0.25) is 0 Å². The molecule has 0 aromatic heterocycles. The average Bonchev–Trinajstić information content (AvgIpc) is 1.85. The summed E-state index contributed by atoms with van der Waals surface area (Å²) in [4.78, 5) is -0.823. The third kappa shape index (κ3) is 3.62.